The highest BCUT2D eigenvalue weighted by atomic mass is 19.1. The third kappa shape index (κ3) is 3.91. The van der Waals surface area contributed by atoms with Crippen LogP contribution in [0.4, 0.5) is 10.1 Å². The van der Waals surface area contributed by atoms with E-state index in [1.165, 1.54) is 12.1 Å². The molecule has 1 aliphatic heterocycles. The van der Waals surface area contributed by atoms with Crippen molar-refractivity contribution in [3.8, 4) is 6.07 Å². The van der Waals surface area contributed by atoms with Gasteiger partial charge < -0.3 is 9.47 Å². The fourth-order valence-electron chi connectivity index (χ4n) is 5.12. The van der Waals surface area contributed by atoms with Gasteiger partial charge in [0.05, 0.1) is 11.2 Å². The minimum absolute atomic E-state index is 0.101. The summed E-state index contributed by atoms with van der Waals surface area (Å²) >= 11 is 0. The van der Waals surface area contributed by atoms with Crippen LogP contribution in [-0.4, -0.2) is 47.5 Å². The van der Waals surface area contributed by atoms with E-state index in [4.69, 9.17) is 0 Å². The van der Waals surface area contributed by atoms with Crippen molar-refractivity contribution < 1.29 is 4.39 Å². The number of pyridine rings is 2. The van der Waals surface area contributed by atoms with Gasteiger partial charge in [0.25, 0.3) is 5.56 Å². The Morgan fingerprint density at radius 1 is 1.18 bits per heavy atom. The van der Waals surface area contributed by atoms with Crippen LogP contribution in [0.25, 0.3) is 11.0 Å². The average molecular weight is 445 g/mol. The number of piperazine rings is 1. The molecule has 6 nitrogen and oxygen atoms in total. The summed E-state index contributed by atoms with van der Waals surface area (Å²) in [7, 11) is 3.94. The molecule has 1 aromatic carbocycles. The largest absolute Gasteiger partial charge is 0.364 e. The molecule has 1 unspecified atom stereocenters. The molecule has 1 aliphatic rings. The van der Waals surface area contributed by atoms with Crippen molar-refractivity contribution in [2.45, 2.75) is 44.7 Å². The maximum atomic E-state index is 13.6. The van der Waals surface area contributed by atoms with E-state index < -0.39 is 0 Å². The van der Waals surface area contributed by atoms with Gasteiger partial charge >= 0.3 is 0 Å². The number of hydrogen-bond donors (Lipinski definition) is 0. The molecule has 1 saturated heterocycles. The fourth-order valence-corrected chi connectivity index (χ4v) is 5.12. The van der Waals surface area contributed by atoms with E-state index >= 15 is 0 Å². The Morgan fingerprint density at radius 2 is 1.88 bits per heavy atom. The van der Waals surface area contributed by atoms with Crippen LogP contribution in [-0.2, 0) is 12.5 Å². The van der Waals surface area contributed by atoms with E-state index in [0.29, 0.717) is 23.3 Å². The first-order chi connectivity index (χ1) is 15.7. The summed E-state index contributed by atoms with van der Waals surface area (Å²) in [6.45, 7) is 7.98. The lowest BCUT2D eigenvalue weighted by atomic mass is 9.67. The predicted octanol–water partition coefficient (Wildman–Crippen LogP) is 2.74. The predicted molar refractivity (Wildman–Crippen MR) is 132 cm³/mol. The molecule has 0 radical (unpaired) electrons. The third-order valence-electron chi connectivity index (χ3n) is 7.27. The summed E-state index contributed by atoms with van der Waals surface area (Å²) in [5.41, 5.74) is 3.23. The lowest BCUT2D eigenvalue weighted by molar-refractivity contribution is 0.0783. The van der Waals surface area contributed by atoms with Crippen molar-refractivity contribution in [3.05, 3.63) is 69.9 Å². The molecule has 1 fully saturated rings. The number of rotatable bonds is 4. The van der Waals surface area contributed by atoms with Gasteiger partial charge in [-0.1, -0.05) is 19.1 Å². The van der Waals surface area contributed by atoms with Crippen LogP contribution < -0.4 is 10.5 Å². The lowest BCUT2D eigenvalue weighted by Crippen LogP contribution is -2.63. The van der Waals surface area contributed by atoms with Gasteiger partial charge in [-0.2, -0.15) is 5.26 Å². The van der Waals surface area contributed by atoms with E-state index in [2.05, 4.69) is 49.5 Å². The topological polar surface area (TPSA) is 65.2 Å². The highest BCUT2D eigenvalue weighted by Gasteiger charge is 2.40. The summed E-state index contributed by atoms with van der Waals surface area (Å²) in [6.07, 6.45) is 0.886. The van der Waals surface area contributed by atoms with Crippen LogP contribution in [0, 0.1) is 17.1 Å². The summed E-state index contributed by atoms with van der Waals surface area (Å²) in [5, 5.41) is 9.37. The lowest BCUT2D eigenvalue weighted by Gasteiger charge is -2.53. The molecule has 0 bridgehead atoms. The zero-order valence-electron chi connectivity index (χ0n) is 19.8. The van der Waals surface area contributed by atoms with Gasteiger partial charge in [-0.05, 0) is 50.1 Å². The SMILES string of the molecule is BC(CC)(c1ccc(F)cc1)N1C[C@H](C)N(c2cc(=O)n(C)c3ccc(C#N)nc23)C[C@H]1C. The zero-order valence-corrected chi connectivity index (χ0v) is 19.8. The van der Waals surface area contributed by atoms with Gasteiger partial charge in [0.1, 0.15) is 30.9 Å². The van der Waals surface area contributed by atoms with Crippen LogP contribution in [0.15, 0.2) is 47.3 Å². The first kappa shape index (κ1) is 23.0. The number of aryl methyl sites for hydroxylation is 1. The van der Waals surface area contributed by atoms with E-state index in [0.717, 1.165) is 24.2 Å². The minimum Gasteiger partial charge on any atom is -0.364 e. The normalized spacial score (nSPS) is 21.0. The molecule has 33 heavy (non-hydrogen) atoms. The molecule has 3 heterocycles. The molecule has 8 heteroatoms. The molecule has 3 aromatic rings. The monoisotopic (exact) mass is 445 g/mol. The summed E-state index contributed by atoms with van der Waals surface area (Å²) in [6, 6.07) is 14.3. The van der Waals surface area contributed by atoms with Crippen molar-refractivity contribution >= 4 is 24.6 Å². The quantitative estimate of drug-likeness (QED) is 0.578. The Bertz CT molecular complexity index is 1280. The average Bonchev–Trinajstić information content (AvgIpc) is 2.82. The fraction of sp³-hybridized carbons (Fsp3) is 0.400. The first-order valence-electron chi connectivity index (χ1n) is 11.4. The van der Waals surface area contributed by atoms with Crippen LogP contribution in [0.5, 0.6) is 0 Å². The molecule has 4 rings (SSSR count). The van der Waals surface area contributed by atoms with E-state index in [1.54, 1.807) is 29.8 Å². The Hall–Kier alpha value is -3.18. The van der Waals surface area contributed by atoms with Crippen LogP contribution in [0.3, 0.4) is 0 Å². The summed E-state index contributed by atoms with van der Waals surface area (Å²) in [4.78, 5) is 22.0. The third-order valence-corrected chi connectivity index (χ3v) is 7.27. The second-order valence-electron chi connectivity index (χ2n) is 9.24. The number of nitriles is 1. The molecular formula is C25H29BFN5O. The Balaban J connectivity index is 1.74. The Kier molecular flexibility index (Phi) is 6.02. The van der Waals surface area contributed by atoms with Gasteiger partial charge in [-0.3, -0.25) is 9.69 Å². The van der Waals surface area contributed by atoms with Gasteiger partial charge in [-0.15, -0.1) is 0 Å². The molecule has 0 amide bonds. The van der Waals surface area contributed by atoms with E-state index in [9.17, 15) is 14.4 Å². The molecule has 2 aromatic heterocycles. The molecule has 170 valence electrons. The minimum atomic E-state index is -0.241. The Labute approximate surface area is 194 Å². The van der Waals surface area contributed by atoms with Crippen LogP contribution in [0.1, 0.15) is 38.4 Å². The van der Waals surface area contributed by atoms with Gasteiger partial charge in [0.2, 0.25) is 0 Å². The molecule has 0 spiro atoms. The number of hydrogen-bond acceptors (Lipinski definition) is 5. The van der Waals surface area contributed by atoms with Crippen molar-refractivity contribution in [2.24, 2.45) is 7.05 Å². The zero-order chi connectivity index (χ0) is 23.9. The number of halogens is 1. The second kappa shape index (κ2) is 8.64. The van der Waals surface area contributed by atoms with Crippen LogP contribution >= 0.6 is 0 Å². The molecule has 0 saturated carbocycles. The van der Waals surface area contributed by atoms with E-state index in [-0.39, 0.29) is 28.9 Å². The van der Waals surface area contributed by atoms with Crippen molar-refractivity contribution in [2.75, 3.05) is 18.0 Å². The maximum Gasteiger partial charge on any atom is 0.252 e. The first-order valence-corrected chi connectivity index (χ1v) is 11.4. The van der Waals surface area contributed by atoms with Gasteiger partial charge in [-0.25, -0.2) is 9.37 Å². The number of anilines is 1. The number of aromatic nitrogens is 2. The van der Waals surface area contributed by atoms with Crippen LogP contribution in [0.2, 0.25) is 0 Å². The molecule has 3 atom stereocenters. The summed E-state index contributed by atoms with van der Waals surface area (Å²) < 4.78 is 15.1. The Morgan fingerprint density at radius 3 is 2.52 bits per heavy atom. The highest BCUT2D eigenvalue weighted by molar-refractivity contribution is 6.15. The number of benzene rings is 1. The van der Waals surface area contributed by atoms with Crippen molar-refractivity contribution in [3.63, 3.8) is 0 Å². The standard InChI is InChI=1S/C25H29BFN5O/c1-5-25(26,18-6-8-19(27)9-7-18)32-15-16(2)31(14-17(32)3)22-12-23(33)30(4)21-11-10-20(13-28)29-24(21)22/h6-12,16-17H,5,14-15,26H2,1-4H3/t16-,17+,25?/m0/s1. The molecular weight excluding hydrogens is 416 g/mol. The number of nitrogens with zero attached hydrogens (tertiary/aromatic N) is 5. The number of fused-ring (bicyclic) bond motifs is 1. The van der Waals surface area contributed by atoms with Crippen molar-refractivity contribution in [1.82, 2.24) is 14.5 Å². The second-order valence-corrected chi connectivity index (χ2v) is 9.24. The van der Waals surface area contributed by atoms with Crippen molar-refractivity contribution in [1.29, 1.82) is 5.26 Å². The maximum absolute atomic E-state index is 13.6. The molecule has 0 aliphatic carbocycles. The highest BCUT2D eigenvalue weighted by Crippen LogP contribution is 2.36. The van der Waals surface area contributed by atoms with E-state index in [1.807, 2.05) is 12.1 Å². The van der Waals surface area contributed by atoms with Gasteiger partial charge in [0, 0.05) is 43.7 Å². The van der Waals surface area contributed by atoms with Gasteiger partial charge in [0.15, 0.2) is 0 Å². The molecule has 0 N–H and O–H groups in total. The summed E-state index contributed by atoms with van der Waals surface area (Å²) in [5.74, 6) is -0.231. The smallest absolute Gasteiger partial charge is 0.252 e.